The van der Waals surface area contributed by atoms with Crippen molar-refractivity contribution in [3.05, 3.63) is 12.2 Å². The minimum atomic E-state index is -0.636. The number of imide groups is 1. The number of urea groups is 1. The highest BCUT2D eigenvalue weighted by molar-refractivity contribution is 5.96. The minimum absolute atomic E-state index is 0.142. The normalized spacial score (nSPS) is 15.6. The predicted octanol–water partition coefficient (Wildman–Crippen LogP) is 0.874. The van der Waals surface area contributed by atoms with Crippen molar-refractivity contribution in [2.75, 3.05) is 6.61 Å². The lowest BCUT2D eigenvalue weighted by Gasteiger charge is -2.12. The van der Waals surface area contributed by atoms with Crippen molar-refractivity contribution in [2.24, 2.45) is 0 Å². The van der Waals surface area contributed by atoms with E-state index >= 15 is 0 Å². The van der Waals surface area contributed by atoms with E-state index in [2.05, 4.69) is 15.4 Å². The zero-order valence-electron chi connectivity index (χ0n) is 10.4. The number of hydrogen-bond donors (Lipinski definition) is 2. The Morgan fingerprint density at radius 1 is 1.28 bits per heavy atom. The number of hydrogen-bond acceptors (Lipinski definition) is 4. The molecule has 0 atom stereocenters. The van der Waals surface area contributed by atoms with Gasteiger partial charge in [0.25, 0.3) is 5.91 Å². The van der Waals surface area contributed by atoms with Gasteiger partial charge in [-0.3, -0.25) is 10.1 Å². The summed E-state index contributed by atoms with van der Waals surface area (Å²) in [4.78, 5) is 33.6. The molecule has 0 saturated heterocycles. The maximum Gasteiger partial charge on any atom is 0.330 e. The average molecular weight is 254 g/mol. The molecule has 0 bridgehead atoms. The molecule has 0 aromatic carbocycles. The van der Waals surface area contributed by atoms with Crippen LogP contribution in [0.4, 0.5) is 4.79 Å². The number of rotatable bonds is 4. The first-order valence-electron chi connectivity index (χ1n) is 6.01. The summed E-state index contributed by atoms with van der Waals surface area (Å²) in [5, 5.41) is 4.81. The summed E-state index contributed by atoms with van der Waals surface area (Å²) in [6, 6.07) is -0.391. The Labute approximate surface area is 106 Å². The summed E-state index contributed by atoms with van der Waals surface area (Å²) in [7, 11) is 0. The lowest BCUT2D eigenvalue weighted by molar-refractivity contribution is -0.143. The van der Waals surface area contributed by atoms with Crippen molar-refractivity contribution in [3.63, 3.8) is 0 Å². The van der Waals surface area contributed by atoms with Gasteiger partial charge < -0.3 is 10.1 Å². The van der Waals surface area contributed by atoms with E-state index < -0.39 is 24.5 Å². The Hall–Kier alpha value is -1.85. The van der Waals surface area contributed by atoms with E-state index in [4.69, 9.17) is 0 Å². The Bertz CT molecular complexity index is 346. The summed E-state index contributed by atoms with van der Waals surface area (Å²) in [6.45, 7) is 1.21. The van der Waals surface area contributed by atoms with Gasteiger partial charge >= 0.3 is 12.0 Å². The molecule has 0 aromatic heterocycles. The van der Waals surface area contributed by atoms with Crippen LogP contribution in [0.3, 0.4) is 0 Å². The third-order valence-corrected chi connectivity index (χ3v) is 2.59. The minimum Gasteiger partial charge on any atom is -0.452 e. The van der Waals surface area contributed by atoms with Crippen molar-refractivity contribution in [2.45, 2.75) is 38.6 Å². The first-order valence-corrected chi connectivity index (χ1v) is 6.01. The molecule has 0 spiro atoms. The van der Waals surface area contributed by atoms with Crippen molar-refractivity contribution in [3.8, 4) is 0 Å². The topological polar surface area (TPSA) is 84.5 Å². The van der Waals surface area contributed by atoms with E-state index in [-0.39, 0.29) is 6.04 Å². The van der Waals surface area contributed by atoms with Crippen molar-refractivity contribution in [1.29, 1.82) is 0 Å². The van der Waals surface area contributed by atoms with Gasteiger partial charge in [-0.2, -0.15) is 0 Å². The summed E-state index contributed by atoms with van der Waals surface area (Å²) in [5.74, 6) is -1.24. The molecule has 1 aliphatic carbocycles. The molecule has 0 aromatic rings. The second-order valence-corrected chi connectivity index (χ2v) is 4.11. The van der Waals surface area contributed by atoms with Crippen LogP contribution in [0.25, 0.3) is 0 Å². The monoisotopic (exact) mass is 254 g/mol. The molecule has 1 rings (SSSR count). The average Bonchev–Trinajstić information content (AvgIpc) is 2.79. The third-order valence-electron chi connectivity index (χ3n) is 2.59. The summed E-state index contributed by atoms with van der Waals surface area (Å²) < 4.78 is 4.60. The zero-order chi connectivity index (χ0) is 13.4. The molecule has 0 aliphatic heterocycles. The van der Waals surface area contributed by atoms with Gasteiger partial charge in [0, 0.05) is 12.1 Å². The van der Waals surface area contributed by atoms with E-state index in [0.29, 0.717) is 0 Å². The Kier molecular flexibility index (Phi) is 5.90. The van der Waals surface area contributed by atoms with Gasteiger partial charge in [0.15, 0.2) is 6.61 Å². The van der Waals surface area contributed by atoms with Crippen LogP contribution >= 0.6 is 0 Å². The lowest BCUT2D eigenvalue weighted by atomic mass is 10.2. The molecule has 1 fully saturated rings. The van der Waals surface area contributed by atoms with Crippen LogP contribution in [0.15, 0.2) is 12.2 Å². The van der Waals surface area contributed by atoms with Gasteiger partial charge in [0.1, 0.15) is 0 Å². The maximum atomic E-state index is 11.4. The van der Waals surface area contributed by atoms with Crippen LogP contribution in [0, 0.1) is 0 Å². The van der Waals surface area contributed by atoms with Gasteiger partial charge in [0.05, 0.1) is 0 Å². The highest BCUT2D eigenvalue weighted by atomic mass is 16.5. The first-order chi connectivity index (χ1) is 8.61. The van der Waals surface area contributed by atoms with Crippen molar-refractivity contribution in [1.82, 2.24) is 10.6 Å². The number of nitrogens with one attached hydrogen (secondary N) is 2. The van der Waals surface area contributed by atoms with Gasteiger partial charge in [0.2, 0.25) is 0 Å². The third kappa shape index (κ3) is 5.47. The molecule has 1 saturated carbocycles. The molecule has 6 nitrogen and oxygen atoms in total. The fourth-order valence-electron chi connectivity index (χ4n) is 1.78. The summed E-state index contributed by atoms with van der Waals surface area (Å²) in [5.41, 5.74) is 0. The molecular weight excluding hydrogens is 236 g/mol. The molecule has 2 N–H and O–H groups in total. The number of ether oxygens (including phenoxy) is 1. The van der Waals surface area contributed by atoms with Crippen LogP contribution < -0.4 is 10.6 Å². The van der Waals surface area contributed by atoms with E-state index in [1.54, 1.807) is 6.92 Å². The van der Waals surface area contributed by atoms with Crippen LogP contribution in [0.1, 0.15) is 32.6 Å². The molecule has 3 amide bonds. The van der Waals surface area contributed by atoms with Crippen LogP contribution in [0.2, 0.25) is 0 Å². The van der Waals surface area contributed by atoms with E-state index in [1.807, 2.05) is 0 Å². The van der Waals surface area contributed by atoms with Gasteiger partial charge in [-0.15, -0.1) is 0 Å². The molecule has 0 unspecified atom stereocenters. The number of amides is 3. The summed E-state index contributed by atoms with van der Waals surface area (Å²) in [6.07, 6.45) is 6.79. The molecule has 6 heteroatoms. The number of carbonyl (C=O) groups is 3. The van der Waals surface area contributed by atoms with E-state index in [1.165, 1.54) is 12.2 Å². The Morgan fingerprint density at radius 3 is 2.56 bits per heavy atom. The predicted molar refractivity (Wildman–Crippen MR) is 64.7 cm³/mol. The highest BCUT2D eigenvalue weighted by Gasteiger charge is 2.18. The number of carbonyl (C=O) groups excluding carboxylic acids is 3. The molecule has 18 heavy (non-hydrogen) atoms. The summed E-state index contributed by atoms with van der Waals surface area (Å²) >= 11 is 0. The molecular formula is C12H18N2O4. The van der Waals surface area contributed by atoms with Crippen LogP contribution in [0.5, 0.6) is 0 Å². The van der Waals surface area contributed by atoms with Gasteiger partial charge in [-0.1, -0.05) is 18.9 Å². The molecule has 0 heterocycles. The number of allylic oxidation sites excluding steroid dienone is 1. The second-order valence-electron chi connectivity index (χ2n) is 4.11. The van der Waals surface area contributed by atoms with Crippen molar-refractivity contribution >= 4 is 17.9 Å². The van der Waals surface area contributed by atoms with Crippen LogP contribution in [-0.4, -0.2) is 30.6 Å². The standard InChI is InChI=1S/C12H18N2O4/c1-2-5-11(16)18-8-10(15)14-12(17)13-9-6-3-4-7-9/h2,5,9H,3-4,6-8H2,1H3,(H2,13,14,15,17). The van der Waals surface area contributed by atoms with Gasteiger partial charge in [-0.05, 0) is 19.8 Å². The largest absolute Gasteiger partial charge is 0.452 e. The van der Waals surface area contributed by atoms with E-state index in [0.717, 1.165) is 25.7 Å². The second kappa shape index (κ2) is 7.47. The fraction of sp³-hybridized carbons (Fsp3) is 0.583. The molecule has 0 radical (unpaired) electrons. The lowest BCUT2D eigenvalue weighted by Crippen LogP contribution is -2.44. The zero-order valence-corrected chi connectivity index (χ0v) is 10.4. The maximum absolute atomic E-state index is 11.4. The molecule has 1 aliphatic rings. The Morgan fingerprint density at radius 2 is 1.94 bits per heavy atom. The smallest absolute Gasteiger partial charge is 0.330 e. The van der Waals surface area contributed by atoms with Crippen LogP contribution in [-0.2, 0) is 14.3 Å². The van der Waals surface area contributed by atoms with E-state index in [9.17, 15) is 14.4 Å². The fourth-order valence-corrected chi connectivity index (χ4v) is 1.78. The number of esters is 1. The van der Waals surface area contributed by atoms with Gasteiger partial charge in [-0.25, -0.2) is 9.59 Å². The molecule has 100 valence electrons. The van der Waals surface area contributed by atoms with Crippen molar-refractivity contribution < 1.29 is 19.1 Å². The quantitative estimate of drug-likeness (QED) is 0.576. The highest BCUT2D eigenvalue weighted by Crippen LogP contribution is 2.17. The first kappa shape index (κ1) is 14.2. The SMILES string of the molecule is CC=CC(=O)OCC(=O)NC(=O)NC1CCCC1. The Balaban J connectivity index is 2.18.